The molecule has 0 saturated heterocycles. The third-order valence-electron chi connectivity index (χ3n) is 2.90. The van der Waals surface area contributed by atoms with Gasteiger partial charge in [-0.15, -0.1) is 0 Å². The van der Waals surface area contributed by atoms with Crippen molar-refractivity contribution in [2.75, 3.05) is 18.0 Å². The zero-order chi connectivity index (χ0) is 11.0. The Labute approximate surface area is 93.0 Å². The highest BCUT2D eigenvalue weighted by Crippen LogP contribution is 2.30. The fourth-order valence-electron chi connectivity index (χ4n) is 2.12. The van der Waals surface area contributed by atoms with Gasteiger partial charge in [-0.05, 0) is 18.6 Å². The van der Waals surface area contributed by atoms with E-state index in [9.17, 15) is 4.39 Å². The van der Waals surface area contributed by atoms with E-state index in [4.69, 9.17) is 4.42 Å². The van der Waals surface area contributed by atoms with Crippen LogP contribution in [0.5, 0.6) is 0 Å². The molecule has 3 heteroatoms. The lowest BCUT2D eigenvalue weighted by atomic mass is 10.1. The molecule has 0 aliphatic carbocycles. The van der Waals surface area contributed by atoms with Crippen LogP contribution in [0.4, 0.5) is 10.1 Å². The van der Waals surface area contributed by atoms with E-state index in [0.717, 1.165) is 36.2 Å². The first-order valence-corrected chi connectivity index (χ1v) is 5.41. The van der Waals surface area contributed by atoms with Crippen LogP contribution in [0.25, 0.3) is 11.0 Å². The lowest BCUT2D eigenvalue weighted by Crippen LogP contribution is -2.26. The van der Waals surface area contributed by atoms with Crippen LogP contribution in [0.1, 0.15) is 6.42 Å². The maximum absolute atomic E-state index is 13.4. The molecule has 2 aromatic rings. The number of benzene rings is 1. The summed E-state index contributed by atoms with van der Waals surface area (Å²) in [7, 11) is 0. The van der Waals surface area contributed by atoms with Gasteiger partial charge in [-0.3, -0.25) is 0 Å². The van der Waals surface area contributed by atoms with Gasteiger partial charge in [0.15, 0.2) is 5.58 Å². The zero-order valence-electron chi connectivity index (χ0n) is 8.82. The van der Waals surface area contributed by atoms with E-state index in [1.165, 1.54) is 6.07 Å². The monoisotopic (exact) mass is 217 g/mol. The maximum atomic E-state index is 13.4. The van der Waals surface area contributed by atoms with Crippen LogP contribution >= 0.6 is 0 Å². The Hall–Kier alpha value is -1.77. The Bertz CT molecular complexity index is 544. The molecule has 1 aliphatic rings. The minimum absolute atomic E-state index is 0.210. The number of hydrogen-bond donors (Lipinski definition) is 0. The second-order valence-electron chi connectivity index (χ2n) is 3.97. The summed E-state index contributed by atoms with van der Waals surface area (Å²) in [4.78, 5) is 2.13. The van der Waals surface area contributed by atoms with E-state index in [1.807, 2.05) is 0 Å². The molecule has 0 saturated carbocycles. The van der Waals surface area contributed by atoms with Crippen LogP contribution in [0.15, 0.2) is 41.0 Å². The normalized spacial score (nSPS) is 15.9. The number of rotatable bonds is 1. The zero-order valence-corrected chi connectivity index (χ0v) is 8.82. The van der Waals surface area contributed by atoms with E-state index >= 15 is 0 Å². The molecule has 0 N–H and O–H groups in total. The molecule has 0 unspecified atom stereocenters. The number of anilines is 1. The summed E-state index contributed by atoms with van der Waals surface area (Å²) in [6.45, 7) is 1.73. The van der Waals surface area contributed by atoms with Gasteiger partial charge in [-0.25, -0.2) is 4.39 Å². The molecular formula is C13H12FNO. The van der Waals surface area contributed by atoms with Crippen molar-refractivity contribution in [3.8, 4) is 0 Å². The Morgan fingerprint density at radius 1 is 1.25 bits per heavy atom. The van der Waals surface area contributed by atoms with Gasteiger partial charge in [0.1, 0.15) is 5.82 Å². The minimum Gasteiger partial charge on any atom is -0.462 e. The predicted octanol–water partition coefficient (Wildman–Crippen LogP) is 3.34. The molecular weight excluding hydrogens is 205 g/mol. The first-order chi connectivity index (χ1) is 7.84. The Balaban J connectivity index is 2.13. The molecule has 1 aromatic heterocycles. The minimum atomic E-state index is -0.210. The molecule has 3 rings (SSSR count). The van der Waals surface area contributed by atoms with Gasteiger partial charge in [0.25, 0.3) is 0 Å². The molecule has 82 valence electrons. The topological polar surface area (TPSA) is 16.4 Å². The summed E-state index contributed by atoms with van der Waals surface area (Å²) >= 11 is 0. The molecule has 2 nitrogen and oxygen atoms in total. The van der Waals surface area contributed by atoms with Crippen molar-refractivity contribution in [1.82, 2.24) is 0 Å². The van der Waals surface area contributed by atoms with Crippen LogP contribution in [-0.4, -0.2) is 13.1 Å². The van der Waals surface area contributed by atoms with Crippen LogP contribution in [-0.2, 0) is 0 Å². The van der Waals surface area contributed by atoms with E-state index in [-0.39, 0.29) is 5.82 Å². The molecule has 2 heterocycles. The van der Waals surface area contributed by atoms with Crippen molar-refractivity contribution in [3.63, 3.8) is 0 Å². The first kappa shape index (κ1) is 9.46. The van der Waals surface area contributed by atoms with Crippen molar-refractivity contribution in [3.05, 3.63) is 42.4 Å². The van der Waals surface area contributed by atoms with Gasteiger partial charge >= 0.3 is 0 Å². The summed E-state index contributed by atoms with van der Waals surface area (Å²) < 4.78 is 18.9. The van der Waals surface area contributed by atoms with Crippen LogP contribution in [0.3, 0.4) is 0 Å². The van der Waals surface area contributed by atoms with Gasteiger partial charge in [0.2, 0.25) is 0 Å². The Kier molecular flexibility index (Phi) is 2.17. The molecule has 0 amide bonds. The number of fused-ring (bicyclic) bond motifs is 1. The SMILES string of the molecule is Fc1cc(N2CC=CCC2)c2occc2c1. The summed E-state index contributed by atoms with van der Waals surface area (Å²) in [6, 6.07) is 4.84. The third kappa shape index (κ3) is 1.48. The molecule has 0 bridgehead atoms. The van der Waals surface area contributed by atoms with Crippen LogP contribution in [0, 0.1) is 5.82 Å². The quantitative estimate of drug-likeness (QED) is 0.681. The first-order valence-electron chi connectivity index (χ1n) is 5.41. The fourth-order valence-corrected chi connectivity index (χ4v) is 2.12. The summed E-state index contributed by atoms with van der Waals surface area (Å²) in [6.07, 6.45) is 6.85. The van der Waals surface area contributed by atoms with Crippen molar-refractivity contribution in [1.29, 1.82) is 0 Å². The van der Waals surface area contributed by atoms with E-state index in [2.05, 4.69) is 17.1 Å². The van der Waals surface area contributed by atoms with Gasteiger partial charge in [0.05, 0.1) is 12.0 Å². The molecule has 0 radical (unpaired) electrons. The standard InChI is InChI=1S/C13H12FNO/c14-11-8-10-4-7-16-13(10)12(9-11)15-5-2-1-3-6-15/h1-2,4,7-9H,3,5-6H2. The molecule has 0 spiro atoms. The highest BCUT2D eigenvalue weighted by atomic mass is 19.1. The molecule has 16 heavy (non-hydrogen) atoms. The smallest absolute Gasteiger partial charge is 0.157 e. The van der Waals surface area contributed by atoms with E-state index in [1.54, 1.807) is 18.4 Å². The van der Waals surface area contributed by atoms with Gasteiger partial charge < -0.3 is 9.32 Å². The molecule has 1 aliphatic heterocycles. The van der Waals surface area contributed by atoms with Crippen LogP contribution in [0.2, 0.25) is 0 Å². The van der Waals surface area contributed by atoms with E-state index < -0.39 is 0 Å². The highest BCUT2D eigenvalue weighted by Gasteiger charge is 2.14. The number of nitrogens with zero attached hydrogens (tertiary/aromatic N) is 1. The summed E-state index contributed by atoms with van der Waals surface area (Å²) in [5, 5.41) is 0.824. The third-order valence-corrected chi connectivity index (χ3v) is 2.90. The number of hydrogen-bond acceptors (Lipinski definition) is 2. The summed E-state index contributed by atoms with van der Waals surface area (Å²) in [5.41, 5.74) is 1.63. The lowest BCUT2D eigenvalue weighted by Gasteiger charge is -2.25. The second-order valence-corrected chi connectivity index (χ2v) is 3.97. The number of halogens is 1. The van der Waals surface area contributed by atoms with Gasteiger partial charge in [-0.1, -0.05) is 12.2 Å². The van der Waals surface area contributed by atoms with Crippen molar-refractivity contribution >= 4 is 16.7 Å². The Morgan fingerprint density at radius 2 is 2.19 bits per heavy atom. The molecule has 0 fully saturated rings. The lowest BCUT2D eigenvalue weighted by molar-refractivity contribution is 0.606. The predicted molar refractivity (Wildman–Crippen MR) is 62.1 cm³/mol. The van der Waals surface area contributed by atoms with Gasteiger partial charge in [-0.2, -0.15) is 0 Å². The van der Waals surface area contributed by atoms with Crippen LogP contribution < -0.4 is 4.90 Å². The largest absolute Gasteiger partial charge is 0.462 e. The maximum Gasteiger partial charge on any atom is 0.157 e. The average Bonchev–Trinajstić information content (AvgIpc) is 2.77. The van der Waals surface area contributed by atoms with Crippen molar-refractivity contribution in [2.24, 2.45) is 0 Å². The number of furan rings is 1. The van der Waals surface area contributed by atoms with E-state index in [0.29, 0.717) is 0 Å². The highest BCUT2D eigenvalue weighted by molar-refractivity contribution is 5.89. The molecule has 0 atom stereocenters. The Morgan fingerprint density at radius 3 is 3.00 bits per heavy atom. The fraction of sp³-hybridized carbons (Fsp3) is 0.231. The molecule has 1 aromatic carbocycles. The summed E-state index contributed by atoms with van der Waals surface area (Å²) in [5.74, 6) is -0.210. The van der Waals surface area contributed by atoms with Gasteiger partial charge in [0, 0.05) is 24.5 Å². The second kappa shape index (κ2) is 3.67. The average molecular weight is 217 g/mol. The van der Waals surface area contributed by atoms with Crippen molar-refractivity contribution in [2.45, 2.75) is 6.42 Å². The van der Waals surface area contributed by atoms with Crippen molar-refractivity contribution < 1.29 is 8.81 Å².